The fraction of sp³-hybridized carbons (Fsp3) is 0.387. The second-order valence-corrected chi connectivity index (χ2v) is 13.9. The summed E-state index contributed by atoms with van der Waals surface area (Å²) in [6, 6.07) is 17.5. The molecule has 1 N–H and O–H groups in total. The predicted octanol–water partition coefficient (Wildman–Crippen LogP) is 5.06. The summed E-state index contributed by atoms with van der Waals surface area (Å²) in [5.74, 6) is 0.460. The highest BCUT2D eigenvalue weighted by molar-refractivity contribution is 7.92. The van der Waals surface area contributed by atoms with Crippen LogP contribution in [0.3, 0.4) is 0 Å². The van der Waals surface area contributed by atoms with Gasteiger partial charge in [0.25, 0.3) is 0 Å². The average Bonchev–Trinajstić information content (AvgIpc) is 3.33. The standard InChI is InChI=1S/C31H39N7O4S/c1-22-20-36(17-18-38(22)30(39)42-31(2,3)4)26-13-11-25(12-14-26)33-29-32-19-23-15-16-37(28(23)34-29)21-24-9-7-8-10-27(24)35(5)43(6,40)41/h7-16,19,22H,17-18,20-21H2,1-6H3,(H,32,33,34)/t22-/m1/s1. The molecule has 0 saturated carbocycles. The number of nitrogens with one attached hydrogen (secondary N) is 1. The molecule has 5 rings (SSSR count). The van der Waals surface area contributed by atoms with Crippen LogP contribution in [-0.2, 0) is 21.3 Å². The van der Waals surface area contributed by atoms with Crippen LogP contribution in [0.5, 0.6) is 0 Å². The Kier molecular flexibility index (Phi) is 8.24. The van der Waals surface area contributed by atoms with Gasteiger partial charge < -0.3 is 24.4 Å². The second kappa shape index (κ2) is 11.8. The molecule has 43 heavy (non-hydrogen) atoms. The van der Waals surface area contributed by atoms with E-state index < -0.39 is 15.6 Å². The Labute approximate surface area is 253 Å². The third kappa shape index (κ3) is 7.02. The third-order valence-corrected chi connectivity index (χ3v) is 8.61. The summed E-state index contributed by atoms with van der Waals surface area (Å²) in [6.07, 6.45) is 4.63. The van der Waals surface area contributed by atoms with E-state index in [1.807, 2.05) is 74.9 Å². The summed E-state index contributed by atoms with van der Waals surface area (Å²) in [5.41, 5.74) is 3.63. The number of aromatic nitrogens is 3. The van der Waals surface area contributed by atoms with Gasteiger partial charge in [-0.2, -0.15) is 4.98 Å². The van der Waals surface area contributed by atoms with E-state index in [-0.39, 0.29) is 12.1 Å². The minimum atomic E-state index is -3.40. The smallest absolute Gasteiger partial charge is 0.410 e. The number of anilines is 4. The molecular formula is C31H39N7O4S. The van der Waals surface area contributed by atoms with E-state index in [1.165, 1.54) is 10.6 Å². The monoisotopic (exact) mass is 605 g/mol. The molecule has 11 nitrogen and oxygen atoms in total. The zero-order valence-corrected chi connectivity index (χ0v) is 26.3. The molecule has 4 aromatic rings. The van der Waals surface area contributed by atoms with Crippen molar-refractivity contribution in [2.75, 3.05) is 47.5 Å². The number of benzene rings is 2. The van der Waals surface area contributed by atoms with Crippen molar-refractivity contribution in [1.82, 2.24) is 19.4 Å². The maximum Gasteiger partial charge on any atom is 0.410 e. The first-order valence-corrected chi connectivity index (χ1v) is 16.1. The van der Waals surface area contributed by atoms with Crippen molar-refractivity contribution in [3.8, 4) is 0 Å². The Balaban J connectivity index is 1.27. The molecule has 2 aromatic carbocycles. The molecular weight excluding hydrogens is 566 g/mol. The Morgan fingerprint density at radius 1 is 1.09 bits per heavy atom. The minimum Gasteiger partial charge on any atom is -0.444 e. The zero-order chi connectivity index (χ0) is 30.9. The number of hydrogen-bond donors (Lipinski definition) is 1. The molecule has 12 heteroatoms. The van der Waals surface area contributed by atoms with Crippen LogP contribution in [0, 0.1) is 0 Å². The lowest BCUT2D eigenvalue weighted by Crippen LogP contribution is -2.55. The maximum atomic E-state index is 12.6. The van der Waals surface area contributed by atoms with Gasteiger partial charge in [0.05, 0.1) is 18.5 Å². The van der Waals surface area contributed by atoms with Gasteiger partial charge in [-0.15, -0.1) is 0 Å². The molecule has 3 heterocycles. The molecule has 1 saturated heterocycles. The Hall–Kier alpha value is -4.32. The highest BCUT2D eigenvalue weighted by Crippen LogP contribution is 2.26. The van der Waals surface area contributed by atoms with Crippen molar-refractivity contribution in [3.05, 3.63) is 72.6 Å². The molecule has 0 spiro atoms. The van der Waals surface area contributed by atoms with Crippen molar-refractivity contribution in [2.24, 2.45) is 0 Å². The molecule has 1 aliphatic heterocycles. The van der Waals surface area contributed by atoms with E-state index in [9.17, 15) is 13.2 Å². The molecule has 0 unspecified atom stereocenters. The molecule has 0 bridgehead atoms. The fourth-order valence-electron chi connectivity index (χ4n) is 5.14. The minimum absolute atomic E-state index is 0.0245. The third-order valence-electron chi connectivity index (χ3n) is 7.42. The van der Waals surface area contributed by atoms with Crippen molar-refractivity contribution in [1.29, 1.82) is 0 Å². The van der Waals surface area contributed by atoms with Gasteiger partial charge >= 0.3 is 6.09 Å². The van der Waals surface area contributed by atoms with Gasteiger partial charge in [0.1, 0.15) is 11.2 Å². The first-order valence-electron chi connectivity index (χ1n) is 14.2. The molecule has 2 aromatic heterocycles. The quantitative estimate of drug-likeness (QED) is 0.311. The predicted molar refractivity (Wildman–Crippen MR) is 171 cm³/mol. The Morgan fingerprint density at radius 3 is 2.49 bits per heavy atom. The summed E-state index contributed by atoms with van der Waals surface area (Å²) < 4.78 is 33.2. The maximum absolute atomic E-state index is 12.6. The van der Waals surface area contributed by atoms with Crippen LogP contribution in [0.1, 0.15) is 33.3 Å². The summed E-state index contributed by atoms with van der Waals surface area (Å²) in [4.78, 5) is 25.9. The van der Waals surface area contributed by atoms with Gasteiger partial charge in [0.2, 0.25) is 16.0 Å². The lowest BCUT2D eigenvalue weighted by atomic mass is 10.1. The number of fused-ring (bicyclic) bond motifs is 1. The summed E-state index contributed by atoms with van der Waals surface area (Å²) in [7, 11) is -1.84. The number of para-hydroxylation sites is 1. The topological polar surface area (TPSA) is 113 Å². The Morgan fingerprint density at radius 2 is 1.81 bits per heavy atom. The first kappa shape index (κ1) is 30.1. The highest BCUT2D eigenvalue weighted by Gasteiger charge is 2.31. The van der Waals surface area contributed by atoms with Crippen LogP contribution in [0.4, 0.5) is 27.8 Å². The van der Waals surface area contributed by atoms with E-state index in [4.69, 9.17) is 9.72 Å². The Bertz CT molecular complexity index is 1710. The second-order valence-electron chi connectivity index (χ2n) is 11.9. The molecule has 1 fully saturated rings. The number of nitrogens with zero attached hydrogens (tertiary/aromatic N) is 6. The van der Waals surface area contributed by atoms with Crippen molar-refractivity contribution in [3.63, 3.8) is 0 Å². The van der Waals surface area contributed by atoms with Crippen LogP contribution in [-0.4, -0.2) is 78.5 Å². The number of hydrogen-bond acceptors (Lipinski definition) is 8. The average molecular weight is 606 g/mol. The van der Waals surface area contributed by atoms with Gasteiger partial charge in [0.15, 0.2) is 0 Å². The van der Waals surface area contributed by atoms with Crippen LogP contribution < -0.4 is 14.5 Å². The zero-order valence-electron chi connectivity index (χ0n) is 25.5. The normalized spacial score (nSPS) is 15.9. The van der Waals surface area contributed by atoms with E-state index in [0.29, 0.717) is 31.3 Å². The number of carbonyl (C=O) groups is 1. The number of piperazine rings is 1. The van der Waals surface area contributed by atoms with Crippen molar-refractivity contribution >= 4 is 50.2 Å². The van der Waals surface area contributed by atoms with Gasteiger partial charge in [-0.3, -0.25) is 4.31 Å². The van der Waals surface area contributed by atoms with E-state index in [1.54, 1.807) is 24.2 Å². The van der Waals surface area contributed by atoms with Crippen molar-refractivity contribution in [2.45, 2.75) is 45.9 Å². The molecule has 0 radical (unpaired) electrons. The summed E-state index contributed by atoms with van der Waals surface area (Å²) in [5, 5.41) is 4.18. The van der Waals surface area contributed by atoms with Crippen LogP contribution in [0.25, 0.3) is 11.0 Å². The van der Waals surface area contributed by atoms with E-state index >= 15 is 0 Å². The van der Waals surface area contributed by atoms with E-state index in [0.717, 1.165) is 34.5 Å². The van der Waals surface area contributed by atoms with Gasteiger partial charge in [-0.25, -0.2) is 18.2 Å². The summed E-state index contributed by atoms with van der Waals surface area (Å²) in [6.45, 7) is 10.2. The molecule has 1 amide bonds. The molecule has 0 aliphatic carbocycles. The molecule has 1 atom stereocenters. The summed E-state index contributed by atoms with van der Waals surface area (Å²) >= 11 is 0. The first-order chi connectivity index (χ1) is 20.3. The largest absolute Gasteiger partial charge is 0.444 e. The number of sulfonamides is 1. The number of carbonyl (C=O) groups excluding carboxylic acids is 1. The fourth-order valence-corrected chi connectivity index (χ4v) is 5.68. The number of ether oxygens (including phenoxy) is 1. The van der Waals surface area contributed by atoms with Crippen LogP contribution in [0.2, 0.25) is 0 Å². The van der Waals surface area contributed by atoms with Crippen LogP contribution in [0.15, 0.2) is 67.0 Å². The lowest BCUT2D eigenvalue weighted by molar-refractivity contribution is 0.0159. The highest BCUT2D eigenvalue weighted by atomic mass is 32.2. The van der Waals surface area contributed by atoms with E-state index in [2.05, 4.69) is 27.3 Å². The molecule has 1 aliphatic rings. The van der Waals surface area contributed by atoms with Gasteiger partial charge in [-0.1, -0.05) is 18.2 Å². The lowest BCUT2D eigenvalue weighted by Gasteiger charge is -2.41. The van der Waals surface area contributed by atoms with Gasteiger partial charge in [0, 0.05) is 61.9 Å². The number of rotatable bonds is 7. The molecule has 228 valence electrons. The number of amides is 1. The van der Waals surface area contributed by atoms with Crippen LogP contribution >= 0.6 is 0 Å². The van der Waals surface area contributed by atoms with Crippen molar-refractivity contribution < 1.29 is 17.9 Å². The van der Waals surface area contributed by atoms with Gasteiger partial charge in [-0.05, 0) is 69.7 Å². The SMILES string of the molecule is C[C@@H]1CN(c2ccc(Nc3ncc4ccn(Cc5ccccc5N(C)S(C)(=O)=O)c4n3)cc2)CCN1C(=O)OC(C)(C)C.